The van der Waals surface area contributed by atoms with Crippen LogP contribution in [0.15, 0.2) is 70.5 Å². The standard InChI is InChI=1S/C29H36N2O8S2/c1-20-7-11-22(12-8-20)40(32,33)30-18-17-25(24-15-16-26(36-3)29(39-6)28(24)30)31(19-27(37-4)38-5)41(34,35)23-13-9-21(2)10-14-23/h7-16,25,27H,17-19H2,1-6H3. The molecule has 0 saturated carbocycles. The van der Waals surface area contributed by atoms with E-state index in [1.54, 1.807) is 60.7 Å². The minimum atomic E-state index is -4.09. The fourth-order valence-electron chi connectivity index (χ4n) is 4.97. The molecule has 0 fully saturated rings. The number of benzene rings is 3. The van der Waals surface area contributed by atoms with Crippen LogP contribution < -0.4 is 13.8 Å². The third kappa shape index (κ3) is 5.93. The zero-order valence-electron chi connectivity index (χ0n) is 24.0. The fourth-order valence-corrected chi connectivity index (χ4v) is 8.10. The van der Waals surface area contributed by atoms with Gasteiger partial charge in [0.05, 0.1) is 36.6 Å². The molecule has 0 aromatic heterocycles. The zero-order chi connectivity index (χ0) is 29.9. The van der Waals surface area contributed by atoms with Gasteiger partial charge in [0.25, 0.3) is 10.0 Å². The summed E-state index contributed by atoms with van der Waals surface area (Å²) in [6.45, 7) is 3.61. The minimum absolute atomic E-state index is 0.0120. The van der Waals surface area contributed by atoms with Crippen LogP contribution in [0, 0.1) is 13.8 Å². The van der Waals surface area contributed by atoms with E-state index in [2.05, 4.69) is 0 Å². The molecule has 1 unspecified atom stereocenters. The van der Waals surface area contributed by atoms with Crippen molar-refractivity contribution < 1.29 is 35.8 Å². The quantitative estimate of drug-likeness (QED) is 0.299. The molecule has 1 aliphatic rings. The van der Waals surface area contributed by atoms with Crippen molar-refractivity contribution in [2.45, 2.75) is 42.4 Å². The van der Waals surface area contributed by atoms with Gasteiger partial charge in [-0.2, -0.15) is 4.31 Å². The number of hydrogen-bond acceptors (Lipinski definition) is 8. The van der Waals surface area contributed by atoms with Crippen molar-refractivity contribution >= 4 is 25.7 Å². The second-order valence-electron chi connectivity index (χ2n) is 9.72. The molecule has 0 spiro atoms. The molecule has 222 valence electrons. The molecule has 0 amide bonds. The highest BCUT2D eigenvalue weighted by atomic mass is 32.2. The maximum absolute atomic E-state index is 14.2. The molecule has 0 radical (unpaired) electrons. The molecule has 41 heavy (non-hydrogen) atoms. The van der Waals surface area contributed by atoms with Gasteiger partial charge in [0.15, 0.2) is 17.8 Å². The van der Waals surface area contributed by atoms with Gasteiger partial charge in [-0.05, 0) is 56.2 Å². The summed E-state index contributed by atoms with van der Waals surface area (Å²) in [5.74, 6) is 0.503. The maximum Gasteiger partial charge on any atom is 0.264 e. The second-order valence-corrected chi connectivity index (χ2v) is 13.5. The van der Waals surface area contributed by atoms with Gasteiger partial charge in [-0.15, -0.1) is 0 Å². The summed E-state index contributed by atoms with van der Waals surface area (Å²) in [6.07, 6.45) is -0.702. The largest absolute Gasteiger partial charge is 0.493 e. The normalized spacial score (nSPS) is 15.7. The van der Waals surface area contributed by atoms with Gasteiger partial charge < -0.3 is 18.9 Å². The number of nitrogens with zero attached hydrogens (tertiary/aromatic N) is 2. The number of methoxy groups -OCH3 is 4. The predicted molar refractivity (Wildman–Crippen MR) is 155 cm³/mol. The lowest BCUT2D eigenvalue weighted by atomic mass is 9.96. The highest BCUT2D eigenvalue weighted by Crippen LogP contribution is 2.50. The van der Waals surface area contributed by atoms with E-state index in [-0.39, 0.29) is 40.7 Å². The number of anilines is 1. The first-order valence-electron chi connectivity index (χ1n) is 13.0. The van der Waals surface area contributed by atoms with Crippen LogP contribution >= 0.6 is 0 Å². The Morgan fingerprint density at radius 1 is 0.805 bits per heavy atom. The van der Waals surface area contributed by atoms with Crippen molar-refractivity contribution in [3.05, 3.63) is 77.4 Å². The van der Waals surface area contributed by atoms with Crippen LogP contribution in [0.3, 0.4) is 0 Å². The van der Waals surface area contributed by atoms with Crippen molar-refractivity contribution in [1.29, 1.82) is 0 Å². The van der Waals surface area contributed by atoms with Crippen LogP contribution in [0.2, 0.25) is 0 Å². The lowest BCUT2D eigenvalue weighted by Crippen LogP contribution is -2.46. The first-order chi connectivity index (χ1) is 19.5. The van der Waals surface area contributed by atoms with Crippen LogP contribution in [0.4, 0.5) is 5.69 Å². The summed E-state index contributed by atoms with van der Waals surface area (Å²) in [6, 6.07) is 15.7. The van der Waals surface area contributed by atoms with Crippen LogP contribution in [-0.2, 0) is 29.5 Å². The van der Waals surface area contributed by atoms with Gasteiger partial charge in [0.2, 0.25) is 10.0 Å². The van der Waals surface area contributed by atoms with E-state index < -0.39 is 32.4 Å². The van der Waals surface area contributed by atoms with Crippen molar-refractivity contribution in [3.8, 4) is 11.5 Å². The molecule has 0 saturated heterocycles. The molecular formula is C29H36N2O8S2. The van der Waals surface area contributed by atoms with Crippen molar-refractivity contribution in [2.24, 2.45) is 0 Å². The lowest BCUT2D eigenvalue weighted by molar-refractivity contribution is -0.111. The summed E-state index contributed by atoms with van der Waals surface area (Å²) in [7, 11) is -2.38. The monoisotopic (exact) mass is 604 g/mol. The third-order valence-corrected chi connectivity index (χ3v) is 10.9. The lowest BCUT2D eigenvalue weighted by Gasteiger charge is -2.41. The Balaban J connectivity index is 1.93. The summed E-state index contributed by atoms with van der Waals surface area (Å²) < 4.78 is 80.9. The van der Waals surface area contributed by atoms with Crippen molar-refractivity contribution in [1.82, 2.24) is 4.31 Å². The summed E-state index contributed by atoms with van der Waals surface area (Å²) in [5, 5.41) is 0. The van der Waals surface area contributed by atoms with E-state index in [0.29, 0.717) is 11.3 Å². The van der Waals surface area contributed by atoms with E-state index in [4.69, 9.17) is 18.9 Å². The third-order valence-electron chi connectivity index (χ3n) is 7.20. The fraction of sp³-hybridized carbons (Fsp3) is 0.379. The molecule has 1 heterocycles. The average Bonchev–Trinajstić information content (AvgIpc) is 2.97. The molecule has 12 heteroatoms. The second kappa shape index (κ2) is 12.4. The van der Waals surface area contributed by atoms with Gasteiger partial charge in [-0.1, -0.05) is 41.5 Å². The van der Waals surface area contributed by atoms with E-state index in [0.717, 1.165) is 11.1 Å². The first-order valence-corrected chi connectivity index (χ1v) is 15.9. The van der Waals surface area contributed by atoms with Crippen molar-refractivity contribution in [3.63, 3.8) is 0 Å². The Labute approximate surface area is 242 Å². The number of sulfonamides is 2. The minimum Gasteiger partial charge on any atom is -0.493 e. The molecule has 3 aromatic rings. The SMILES string of the molecule is COc1ccc2c(c1OC)N(S(=O)(=O)c1ccc(C)cc1)CCC2N(CC(OC)OC)S(=O)(=O)c1ccc(C)cc1. The van der Waals surface area contributed by atoms with Crippen molar-refractivity contribution in [2.75, 3.05) is 45.8 Å². The number of fused-ring (bicyclic) bond motifs is 1. The molecule has 0 bridgehead atoms. The van der Waals surface area contributed by atoms with Gasteiger partial charge in [0.1, 0.15) is 5.69 Å². The molecule has 0 aliphatic carbocycles. The number of ether oxygens (including phenoxy) is 4. The van der Waals surface area contributed by atoms with Crippen LogP contribution in [0.5, 0.6) is 11.5 Å². The molecule has 1 atom stereocenters. The molecular weight excluding hydrogens is 568 g/mol. The highest BCUT2D eigenvalue weighted by Gasteiger charge is 2.43. The van der Waals surface area contributed by atoms with E-state index in [1.165, 1.54) is 37.0 Å². The molecule has 4 rings (SSSR count). The van der Waals surface area contributed by atoms with E-state index >= 15 is 0 Å². The molecule has 1 aliphatic heterocycles. The molecule has 0 N–H and O–H groups in total. The summed E-state index contributed by atoms with van der Waals surface area (Å²) in [5.41, 5.74) is 2.51. The molecule has 3 aromatic carbocycles. The number of hydrogen-bond donors (Lipinski definition) is 0. The summed E-state index contributed by atoms with van der Waals surface area (Å²) >= 11 is 0. The highest BCUT2D eigenvalue weighted by molar-refractivity contribution is 7.92. The first kappa shape index (κ1) is 30.8. The predicted octanol–water partition coefficient (Wildman–Crippen LogP) is 4.27. The number of rotatable bonds is 11. The van der Waals surface area contributed by atoms with Gasteiger partial charge >= 0.3 is 0 Å². The van der Waals surface area contributed by atoms with Gasteiger partial charge in [-0.25, -0.2) is 16.8 Å². The Bertz CT molecular complexity index is 1570. The zero-order valence-corrected chi connectivity index (χ0v) is 25.7. The van der Waals surface area contributed by atoms with Crippen LogP contribution in [-0.4, -0.2) is 69.0 Å². The Morgan fingerprint density at radius 3 is 1.88 bits per heavy atom. The van der Waals surface area contributed by atoms with Crippen LogP contribution in [0.25, 0.3) is 0 Å². The Morgan fingerprint density at radius 2 is 1.37 bits per heavy atom. The maximum atomic E-state index is 14.2. The summed E-state index contributed by atoms with van der Waals surface area (Å²) in [4.78, 5) is 0.214. The van der Waals surface area contributed by atoms with E-state index in [1.807, 2.05) is 13.8 Å². The van der Waals surface area contributed by atoms with Gasteiger partial charge in [0, 0.05) is 20.8 Å². The van der Waals surface area contributed by atoms with Gasteiger partial charge in [-0.3, -0.25) is 4.31 Å². The van der Waals surface area contributed by atoms with Crippen LogP contribution in [0.1, 0.15) is 29.2 Å². The molecule has 10 nitrogen and oxygen atoms in total. The smallest absolute Gasteiger partial charge is 0.264 e. The Hall–Kier alpha value is -3.16. The topological polar surface area (TPSA) is 112 Å². The average molecular weight is 605 g/mol. The Kier molecular flexibility index (Phi) is 9.29. The van der Waals surface area contributed by atoms with E-state index in [9.17, 15) is 16.8 Å². The number of aryl methyl sites for hydroxylation is 2.